The molecule has 82 valence electrons. The number of rotatable bonds is 1. The zero-order valence-electron chi connectivity index (χ0n) is 9.14. The van der Waals surface area contributed by atoms with Crippen molar-refractivity contribution in [2.75, 3.05) is 13.1 Å². The van der Waals surface area contributed by atoms with Crippen molar-refractivity contribution in [3.8, 4) is 0 Å². The Morgan fingerprint density at radius 3 is 2.67 bits per heavy atom. The Balaban J connectivity index is 2.07. The van der Waals surface area contributed by atoms with Gasteiger partial charge in [-0.1, -0.05) is 13.8 Å². The summed E-state index contributed by atoms with van der Waals surface area (Å²) in [6.07, 6.45) is 1.22. The van der Waals surface area contributed by atoms with E-state index in [9.17, 15) is 4.79 Å². The number of likely N-dealkylation sites (tertiary alicyclic amines) is 1. The number of thiazole rings is 1. The molecule has 1 amide bonds. The van der Waals surface area contributed by atoms with E-state index in [4.69, 9.17) is 0 Å². The summed E-state index contributed by atoms with van der Waals surface area (Å²) in [7, 11) is 0. The highest BCUT2D eigenvalue weighted by Crippen LogP contribution is 2.22. The number of hydrogen-bond donors (Lipinski definition) is 0. The lowest BCUT2D eigenvalue weighted by Gasteiger charge is -2.34. The zero-order valence-corrected chi connectivity index (χ0v) is 9.96. The summed E-state index contributed by atoms with van der Waals surface area (Å²) in [5.41, 5.74) is 2.31. The SMILES string of the molecule is CC1CC(C)CN(C(=O)c2cscn2)C1. The molecule has 15 heavy (non-hydrogen) atoms. The highest BCUT2D eigenvalue weighted by molar-refractivity contribution is 7.07. The predicted octanol–water partition coefficient (Wildman–Crippen LogP) is 2.26. The first-order valence-electron chi connectivity index (χ1n) is 5.34. The summed E-state index contributed by atoms with van der Waals surface area (Å²) >= 11 is 1.47. The number of hydrogen-bond acceptors (Lipinski definition) is 3. The molecular formula is C11H16N2OS. The van der Waals surface area contributed by atoms with Crippen LogP contribution in [0.5, 0.6) is 0 Å². The fraction of sp³-hybridized carbons (Fsp3) is 0.636. The van der Waals surface area contributed by atoms with Gasteiger partial charge in [0.15, 0.2) is 0 Å². The predicted molar refractivity (Wildman–Crippen MR) is 61.0 cm³/mol. The fourth-order valence-corrected chi connectivity index (χ4v) is 2.83. The van der Waals surface area contributed by atoms with Crippen LogP contribution in [-0.2, 0) is 0 Å². The van der Waals surface area contributed by atoms with Crippen LogP contribution < -0.4 is 0 Å². The Kier molecular flexibility index (Phi) is 3.05. The molecule has 0 bridgehead atoms. The van der Waals surface area contributed by atoms with Crippen LogP contribution in [0.2, 0.25) is 0 Å². The molecule has 1 aromatic heterocycles. The molecular weight excluding hydrogens is 208 g/mol. The second-order valence-corrected chi connectivity index (χ2v) is 5.25. The molecule has 0 N–H and O–H groups in total. The number of piperidine rings is 1. The van der Waals surface area contributed by atoms with Crippen LogP contribution in [-0.4, -0.2) is 28.9 Å². The van der Waals surface area contributed by atoms with Crippen LogP contribution in [0.4, 0.5) is 0 Å². The van der Waals surface area contributed by atoms with Gasteiger partial charge in [0, 0.05) is 18.5 Å². The summed E-state index contributed by atoms with van der Waals surface area (Å²) in [4.78, 5) is 18.0. The van der Waals surface area contributed by atoms with Crippen molar-refractivity contribution in [1.29, 1.82) is 0 Å². The van der Waals surface area contributed by atoms with Crippen molar-refractivity contribution in [3.05, 3.63) is 16.6 Å². The molecule has 1 aromatic rings. The normalized spacial score (nSPS) is 26.7. The zero-order chi connectivity index (χ0) is 10.8. The number of carbonyl (C=O) groups excluding carboxylic acids is 1. The monoisotopic (exact) mass is 224 g/mol. The molecule has 0 aliphatic carbocycles. The van der Waals surface area contributed by atoms with Gasteiger partial charge in [0.05, 0.1) is 5.51 Å². The largest absolute Gasteiger partial charge is 0.337 e. The lowest BCUT2D eigenvalue weighted by atomic mass is 9.92. The molecule has 1 aliphatic heterocycles. The molecule has 2 atom stereocenters. The Hall–Kier alpha value is -0.900. The third-order valence-electron chi connectivity index (χ3n) is 2.81. The van der Waals surface area contributed by atoms with E-state index in [0.29, 0.717) is 17.5 Å². The highest BCUT2D eigenvalue weighted by Gasteiger charge is 2.26. The summed E-state index contributed by atoms with van der Waals surface area (Å²) in [6, 6.07) is 0. The lowest BCUT2D eigenvalue weighted by molar-refractivity contribution is 0.0618. The third kappa shape index (κ3) is 2.37. The number of amides is 1. The topological polar surface area (TPSA) is 33.2 Å². The van der Waals surface area contributed by atoms with Crippen LogP contribution in [0.3, 0.4) is 0 Å². The summed E-state index contributed by atoms with van der Waals surface area (Å²) in [6.45, 7) is 6.16. The number of nitrogens with zero attached hydrogens (tertiary/aromatic N) is 2. The highest BCUT2D eigenvalue weighted by atomic mass is 32.1. The van der Waals surface area contributed by atoms with Gasteiger partial charge >= 0.3 is 0 Å². The van der Waals surface area contributed by atoms with E-state index < -0.39 is 0 Å². The summed E-state index contributed by atoms with van der Waals surface area (Å²) in [5, 5.41) is 1.83. The minimum absolute atomic E-state index is 0.0923. The van der Waals surface area contributed by atoms with Crippen LogP contribution in [0, 0.1) is 11.8 Å². The Bertz CT molecular complexity index is 326. The Labute approximate surface area is 94.1 Å². The molecule has 4 heteroatoms. The quantitative estimate of drug-likeness (QED) is 0.733. The van der Waals surface area contributed by atoms with E-state index >= 15 is 0 Å². The van der Waals surface area contributed by atoms with Crippen molar-refractivity contribution in [2.45, 2.75) is 20.3 Å². The van der Waals surface area contributed by atoms with Gasteiger partial charge in [0.25, 0.3) is 5.91 Å². The average Bonchev–Trinajstić information content (AvgIpc) is 2.67. The van der Waals surface area contributed by atoms with E-state index in [0.717, 1.165) is 13.1 Å². The minimum atomic E-state index is 0.0923. The van der Waals surface area contributed by atoms with Crippen LogP contribution in [0.15, 0.2) is 10.9 Å². The molecule has 2 unspecified atom stereocenters. The van der Waals surface area contributed by atoms with E-state index in [2.05, 4.69) is 18.8 Å². The number of aromatic nitrogens is 1. The van der Waals surface area contributed by atoms with Gasteiger partial charge in [0.2, 0.25) is 0 Å². The number of carbonyl (C=O) groups is 1. The van der Waals surface area contributed by atoms with Gasteiger partial charge in [-0.15, -0.1) is 11.3 Å². The third-order valence-corrected chi connectivity index (χ3v) is 3.39. The molecule has 1 aliphatic rings. The van der Waals surface area contributed by atoms with Gasteiger partial charge in [-0.3, -0.25) is 4.79 Å². The molecule has 3 nitrogen and oxygen atoms in total. The van der Waals surface area contributed by atoms with Gasteiger partial charge in [-0.05, 0) is 18.3 Å². The minimum Gasteiger partial charge on any atom is -0.337 e. The van der Waals surface area contributed by atoms with Gasteiger partial charge in [-0.2, -0.15) is 0 Å². The van der Waals surface area contributed by atoms with Crippen LogP contribution in [0.1, 0.15) is 30.8 Å². The first-order valence-corrected chi connectivity index (χ1v) is 6.28. The first kappa shape index (κ1) is 10.6. The van der Waals surface area contributed by atoms with Crippen molar-refractivity contribution < 1.29 is 4.79 Å². The Morgan fingerprint density at radius 2 is 2.13 bits per heavy atom. The maximum absolute atomic E-state index is 12.0. The lowest BCUT2D eigenvalue weighted by Crippen LogP contribution is -2.42. The molecule has 0 radical (unpaired) electrons. The van der Waals surface area contributed by atoms with E-state index in [1.165, 1.54) is 17.8 Å². The average molecular weight is 224 g/mol. The molecule has 1 fully saturated rings. The molecule has 0 saturated carbocycles. The standard InChI is InChI=1S/C11H16N2OS/c1-8-3-9(2)5-13(4-8)11(14)10-6-15-7-12-10/h6-9H,3-5H2,1-2H3. The fourth-order valence-electron chi connectivity index (χ4n) is 2.31. The van der Waals surface area contributed by atoms with E-state index in [-0.39, 0.29) is 5.91 Å². The van der Waals surface area contributed by atoms with Gasteiger partial charge in [-0.25, -0.2) is 4.98 Å². The van der Waals surface area contributed by atoms with E-state index in [1.807, 2.05) is 10.3 Å². The maximum atomic E-state index is 12.0. The van der Waals surface area contributed by atoms with Gasteiger partial charge < -0.3 is 4.90 Å². The second kappa shape index (κ2) is 4.31. The van der Waals surface area contributed by atoms with Crippen molar-refractivity contribution >= 4 is 17.2 Å². The first-order chi connectivity index (χ1) is 7.16. The van der Waals surface area contributed by atoms with Crippen molar-refractivity contribution in [2.24, 2.45) is 11.8 Å². The molecule has 0 spiro atoms. The summed E-state index contributed by atoms with van der Waals surface area (Å²) in [5.74, 6) is 1.31. The maximum Gasteiger partial charge on any atom is 0.273 e. The molecule has 1 saturated heterocycles. The molecule has 2 heterocycles. The van der Waals surface area contributed by atoms with E-state index in [1.54, 1.807) is 5.51 Å². The van der Waals surface area contributed by atoms with Crippen LogP contribution >= 0.6 is 11.3 Å². The van der Waals surface area contributed by atoms with Gasteiger partial charge in [0.1, 0.15) is 5.69 Å². The Morgan fingerprint density at radius 1 is 1.47 bits per heavy atom. The molecule has 2 rings (SSSR count). The van der Waals surface area contributed by atoms with Crippen LogP contribution in [0.25, 0.3) is 0 Å². The summed E-state index contributed by atoms with van der Waals surface area (Å²) < 4.78 is 0. The smallest absolute Gasteiger partial charge is 0.273 e. The second-order valence-electron chi connectivity index (χ2n) is 4.53. The van der Waals surface area contributed by atoms with Crippen molar-refractivity contribution in [3.63, 3.8) is 0 Å². The van der Waals surface area contributed by atoms with Crippen molar-refractivity contribution in [1.82, 2.24) is 9.88 Å². The molecule has 0 aromatic carbocycles.